The van der Waals surface area contributed by atoms with Gasteiger partial charge in [-0.3, -0.25) is 0 Å². The van der Waals surface area contributed by atoms with Gasteiger partial charge in [-0.05, 0) is 12.1 Å². The average Bonchev–Trinajstić information content (AvgIpc) is 2.35. The largest absolute Gasteiger partial charge is 0.233 e. The Morgan fingerprint density at radius 1 is 0.824 bits per heavy atom. The first-order valence-corrected chi connectivity index (χ1v) is 6.05. The van der Waals surface area contributed by atoms with Gasteiger partial charge in [0.15, 0.2) is 0 Å². The molecule has 0 atom stereocenters. The van der Waals surface area contributed by atoms with Gasteiger partial charge in [-0.1, -0.05) is 71.2 Å². The quantitative estimate of drug-likeness (QED) is 0.663. The molecule has 0 saturated heterocycles. The predicted octanol–water partition coefficient (Wildman–Crippen LogP) is 5.31. The summed E-state index contributed by atoms with van der Waals surface area (Å²) in [4.78, 5) is 4.25. The first-order chi connectivity index (χ1) is 8.18. The second-order valence-corrected chi connectivity index (χ2v) is 4.51. The molecular weight excluding hydrogens is 277 g/mol. The van der Waals surface area contributed by atoms with Crippen LogP contribution in [0.3, 0.4) is 0 Å². The Morgan fingerprint density at radius 2 is 1.41 bits per heavy atom. The lowest BCUT2D eigenvalue weighted by Gasteiger charge is -2.02. The average molecular weight is 285 g/mol. The van der Waals surface area contributed by atoms with Crippen LogP contribution in [0.5, 0.6) is 0 Å². The summed E-state index contributed by atoms with van der Waals surface area (Å²) in [5.41, 5.74) is 1.31. The van der Waals surface area contributed by atoms with E-state index in [0.29, 0.717) is 20.9 Å². The topological polar surface area (TPSA) is 12.4 Å². The third-order valence-corrected chi connectivity index (χ3v) is 3.07. The molecule has 0 saturated carbocycles. The van der Waals surface area contributed by atoms with E-state index >= 15 is 0 Å². The zero-order valence-corrected chi connectivity index (χ0v) is 11.0. The molecular formula is C13H8Cl3N. The van der Waals surface area contributed by atoms with Crippen molar-refractivity contribution in [3.8, 4) is 0 Å². The summed E-state index contributed by atoms with van der Waals surface area (Å²) in [5, 5.41) is 1.32. The monoisotopic (exact) mass is 283 g/mol. The molecule has 0 spiro atoms. The fourth-order valence-electron chi connectivity index (χ4n) is 1.33. The summed E-state index contributed by atoms with van der Waals surface area (Å²) in [6.45, 7) is 0. The number of nitrogens with zero attached hydrogens (tertiary/aromatic N) is 1. The van der Waals surface area contributed by atoms with Crippen molar-refractivity contribution in [1.82, 2.24) is 0 Å². The molecule has 4 heteroatoms. The van der Waals surface area contributed by atoms with E-state index in [1.54, 1.807) is 18.2 Å². The maximum absolute atomic E-state index is 6.12. The van der Waals surface area contributed by atoms with Crippen molar-refractivity contribution < 1.29 is 0 Å². The van der Waals surface area contributed by atoms with E-state index in [9.17, 15) is 0 Å². The Morgan fingerprint density at radius 3 is 2.00 bits per heavy atom. The highest BCUT2D eigenvalue weighted by molar-refractivity contribution is 6.70. The van der Waals surface area contributed by atoms with Gasteiger partial charge >= 0.3 is 0 Å². The zero-order chi connectivity index (χ0) is 12.3. The first-order valence-electron chi connectivity index (χ1n) is 4.92. The van der Waals surface area contributed by atoms with Crippen molar-refractivity contribution in [2.24, 2.45) is 4.99 Å². The summed E-state index contributed by atoms with van der Waals surface area (Å²) < 4.78 is 0. The first kappa shape index (κ1) is 12.4. The highest BCUT2D eigenvalue weighted by atomic mass is 35.5. The van der Waals surface area contributed by atoms with Gasteiger partial charge in [-0.15, -0.1) is 0 Å². The molecule has 2 rings (SSSR count). The number of benzene rings is 2. The predicted molar refractivity (Wildman–Crippen MR) is 75.0 cm³/mol. The molecule has 86 valence electrons. The summed E-state index contributed by atoms with van der Waals surface area (Å²) in [6.07, 6.45) is 0. The third-order valence-electron chi connectivity index (χ3n) is 2.16. The van der Waals surface area contributed by atoms with E-state index in [4.69, 9.17) is 34.8 Å². The van der Waals surface area contributed by atoms with Crippen LogP contribution >= 0.6 is 34.8 Å². The number of rotatable bonds is 2. The lowest BCUT2D eigenvalue weighted by atomic mass is 10.2. The fourth-order valence-corrected chi connectivity index (χ4v) is 2.03. The molecule has 2 aromatic rings. The number of para-hydroxylation sites is 1. The minimum absolute atomic E-state index is 0.362. The van der Waals surface area contributed by atoms with Gasteiger partial charge in [-0.2, -0.15) is 0 Å². The van der Waals surface area contributed by atoms with E-state index in [0.717, 1.165) is 5.56 Å². The van der Waals surface area contributed by atoms with Crippen LogP contribution < -0.4 is 0 Å². The molecule has 0 fully saturated rings. The van der Waals surface area contributed by atoms with Gasteiger partial charge in [-0.25, -0.2) is 4.99 Å². The lowest BCUT2D eigenvalue weighted by Crippen LogP contribution is -1.89. The molecule has 0 aliphatic carbocycles. The molecule has 0 N–H and O–H groups in total. The van der Waals surface area contributed by atoms with Crippen molar-refractivity contribution in [2.75, 3.05) is 0 Å². The molecule has 17 heavy (non-hydrogen) atoms. The molecule has 0 amide bonds. The Labute approximate surface area is 115 Å². The van der Waals surface area contributed by atoms with Gasteiger partial charge in [0.2, 0.25) is 0 Å². The van der Waals surface area contributed by atoms with Crippen LogP contribution in [0.2, 0.25) is 10.0 Å². The fraction of sp³-hybridized carbons (Fsp3) is 0. The van der Waals surface area contributed by atoms with Crippen LogP contribution in [0.1, 0.15) is 5.56 Å². The highest BCUT2D eigenvalue weighted by Gasteiger charge is 2.06. The third kappa shape index (κ3) is 3.01. The van der Waals surface area contributed by atoms with Crippen molar-refractivity contribution >= 4 is 45.7 Å². The summed E-state index contributed by atoms with van der Waals surface area (Å²) >= 11 is 18.1. The van der Waals surface area contributed by atoms with E-state index in [2.05, 4.69) is 4.99 Å². The van der Waals surface area contributed by atoms with Gasteiger partial charge in [0.05, 0.1) is 10.0 Å². The summed E-state index contributed by atoms with van der Waals surface area (Å²) in [7, 11) is 0. The smallest absolute Gasteiger partial charge is 0.137 e. The van der Waals surface area contributed by atoms with Crippen LogP contribution in [0.25, 0.3) is 0 Å². The Balaban J connectivity index is 2.43. The molecule has 2 aromatic carbocycles. The Bertz CT molecular complexity index is 530. The molecule has 0 unspecified atom stereocenters. The number of aliphatic imine (C=N–C) groups is 1. The molecule has 0 heterocycles. The van der Waals surface area contributed by atoms with Crippen molar-refractivity contribution in [3.63, 3.8) is 0 Å². The molecule has 0 aliphatic heterocycles. The Kier molecular flexibility index (Phi) is 4.06. The summed E-state index contributed by atoms with van der Waals surface area (Å²) in [6, 6.07) is 14.6. The Hall–Kier alpha value is -1.02. The van der Waals surface area contributed by atoms with E-state index in [-0.39, 0.29) is 0 Å². The van der Waals surface area contributed by atoms with Gasteiger partial charge in [0.1, 0.15) is 10.9 Å². The number of hydrogen-bond acceptors (Lipinski definition) is 1. The minimum Gasteiger partial charge on any atom is -0.233 e. The van der Waals surface area contributed by atoms with E-state index < -0.39 is 0 Å². The minimum atomic E-state index is 0.362. The van der Waals surface area contributed by atoms with Gasteiger partial charge in [0, 0.05) is 5.56 Å². The molecule has 0 bridgehead atoms. The van der Waals surface area contributed by atoms with E-state index in [1.807, 2.05) is 30.3 Å². The number of hydrogen-bond donors (Lipinski definition) is 0. The lowest BCUT2D eigenvalue weighted by molar-refractivity contribution is 1.51. The highest BCUT2D eigenvalue weighted by Crippen LogP contribution is 2.33. The SMILES string of the molecule is ClC(=Nc1c(Cl)cccc1Cl)c1ccccc1. The standard InChI is InChI=1S/C13H8Cl3N/c14-10-7-4-8-11(15)12(10)17-13(16)9-5-2-1-3-6-9/h1-8H. The van der Waals surface area contributed by atoms with Crippen molar-refractivity contribution in [2.45, 2.75) is 0 Å². The van der Waals surface area contributed by atoms with Crippen LogP contribution in [0, 0.1) is 0 Å². The van der Waals surface area contributed by atoms with Crippen LogP contribution in [-0.4, -0.2) is 5.17 Å². The summed E-state index contributed by atoms with van der Waals surface area (Å²) in [5.74, 6) is 0. The van der Waals surface area contributed by atoms with E-state index in [1.165, 1.54) is 0 Å². The number of halogens is 3. The zero-order valence-electron chi connectivity index (χ0n) is 8.70. The maximum atomic E-state index is 6.12. The van der Waals surface area contributed by atoms with Crippen molar-refractivity contribution in [1.29, 1.82) is 0 Å². The molecule has 0 aromatic heterocycles. The molecule has 0 aliphatic rings. The molecule has 1 nitrogen and oxygen atoms in total. The second kappa shape index (κ2) is 5.54. The van der Waals surface area contributed by atoms with Crippen LogP contribution in [0.15, 0.2) is 53.5 Å². The normalized spacial score (nSPS) is 11.6. The van der Waals surface area contributed by atoms with Gasteiger partial charge in [0.25, 0.3) is 0 Å². The van der Waals surface area contributed by atoms with Crippen LogP contribution in [-0.2, 0) is 0 Å². The molecule has 0 radical (unpaired) electrons. The maximum Gasteiger partial charge on any atom is 0.137 e. The van der Waals surface area contributed by atoms with Crippen LogP contribution in [0.4, 0.5) is 5.69 Å². The second-order valence-electron chi connectivity index (χ2n) is 3.34. The van der Waals surface area contributed by atoms with Crippen molar-refractivity contribution in [3.05, 3.63) is 64.1 Å². The van der Waals surface area contributed by atoms with Gasteiger partial charge < -0.3 is 0 Å².